The number of fused-ring (bicyclic) bond motifs is 3. The third-order valence-electron chi connectivity index (χ3n) is 8.39. The molecule has 4 aliphatic rings. The summed E-state index contributed by atoms with van der Waals surface area (Å²) in [6.45, 7) is 6.22. The van der Waals surface area contributed by atoms with Gasteiger partial charge in [0, 0.05) is 44.6 Å². The molecule has 8 heteroatoms. The Bertz CT molecular complexity index is 954. The van der Waals surface area contributed by atoms with E-state index in [9.17, 15) is 14.4 Å². The summed E-state index contributed by atoms with van der Waals surface area (Å²) in [6, 6.07) is 7.29. The maximum Gasteiger partial charge on any atom is 0.257 e. The minimum Gasteiger partial charge on any atom is -0.379 e. The Balaban J connectivity index is 1.26. The average Bonchev–Trinajstić information content (AvgIpc) is 3.18. The summed E-state index contributed by atoms with van der Waals surface area (Å²) < 4.78 is 5.56. The molecule has 5 rings (SSSR count). The molecule has 1 aromatic rings. The van der Waals surface area contributed by atoms with Crippen LogP contribution < -0.4 is 10.2 Å². The Morgan fingerprint density at radius 3 is 2.56 bits per heavy atom. The largest absolute Gasteiger partial charge is 0.379 e. The quantitative estimate of drug-likeness (QED) is 0.694. The predicted molar refractivity (Wildman–Crippen MR) is 128 cm³/mol. The Kier molecular flexibility index (Phi) is 6.37. The SMILES string of the molecule is CC12CCC(=O)N1c1ccccc1C(=O)N2CCC(=O)NCC1(N2CCOCC2)CCCCC1. The van der Waals surface area contributed by atoms with Crippen LogP contribution in [0.1, 0.15) is 68.6 Å². The first kappa shape index (κ1) is 23.3. The van der Waals surface area contributed by atoms with Crippen molar-refractivity contribution in [3.63, 3.8) is 0 Å². The summed E-state index contributed by atoms with van der Waals surface area (Å²) in [7, 11) is 0. The van der Waals surface area contributed by atoms with E-state index in [-0.39, 0.29) is 29.7 Å². The lowest BCUT2D eigenvalue weighted by Crippen LogP contribution is -2.63. The van der Waals surface area contributed by atoms with Gasteiger partial charge in [0.2, 0.25) is 11.8 Å². The first-order chi connectivity index (χ1) is 16.4. The molecule has 1 unspecified atom stereocenters. The summed E-state index contributed by atoms with van der Waals surface area (Å²) in [6.07, 6.45) is 7.05. The van der Waals surface area contributed by atoms with Gasteiger partial charge in [0.05, 0.1) is 24.5 Å². The van der Waals surface area contributed by atoms with E-state index in [1.54, 1.807) is 15.9 Å². The van der Waals surface area contributed by atoms with Crippen molar-refractivity contribution in [1.82, 2.24) is 15.1 Å². The number of para-hydroxylation sites is 1. The van der Waals surface area contributed by atoms with Gasteiger partial charge in [-0.25, -0.2) is 0 Å². The van der Waals surface area contributed by atoms with Gasteiger partial charge >= 0.3 is 0 Å². The molecule has 3 amide bonds. The van der Waals surface area contributed by atoms with Gasteiger partial charge in [0.15, 0.2) is 0 Å². The van der Waals surface area contributed by atoms with Crippen LogP contribution in [0.4, 0.5) is 5.69 Å². The zero-order chi connectivity index (χ0) is 23.8. The molecule has 0 radical (unpaired) electrons. The second kappa shape index (κ2) is 9.30. The Morgan fingerprint density at radius 2 is 1.79 bits per heavy atom. The standard InChI is InChI=1S/C26H36N4O4/c1-25-13-9-23(32)30(25)21-8-4-3-7-20(21)24(33)29(25)14-10-22(31)27-19-26(11-5-2-6-12-26)28-15-17-34-18-16-28/h3-4,7-8H,2,5-6,9-19H2,1H3,(H,27,31). The maximum absolute atomic E-state index is 13.4. The van der Waals surface area contributed by atoms with Crippen molar-refractivity contribution >= 4 is 23.4 Å². The van der Waals surface area contributed by atoms with Gasteiger partial charge < -0.3 is 15.0 Å². The smallest absolute Gasteiger partial charge is 0.257 e. The van der Waals surface area contributed by atoms with Crippen molar-refractivity contribution in [3.8, 4) is 0 Å². The molecule has 3 heterocycles. The first-order valence-corrected chi connectivity index (χ1v) is 12.8. The van der Waals surface area contributed by atoms with E-state index >= 15 is 0 Å². The van der Waals surface area contributed by atoms with Gasteiger partial charge in [-0.3, -0.25) is 24.2 Å². The van der Waals surface area contributed by atoms with Crippen LogP contribution in [0.5, 0.6) is 0 Å². The molecule has 0 bridgehead atoms. The fourth-order valence-corrected chi connectivity index (χ4v) is 6.46. The van der Waals surface area contributed by atoms with Gasteiger partial charge in [-0.05, 0) is 38.3 Å². The number of anilines is 1. The van der Waals surface area contributed by atoms with Crippen LogP contribution in [0, 0.1) is 0 Å². The fourth-order valence-electron chi connectivity index (χ4n) is 6.46. The van der Waals surface area contributed by atoms with Crippen LogP contribution in [0.15, 0.2) is 24.3 Å². The highest BCUT2D eigenvalue weighted by Crippen LogP contribution is 2.44. The summed E-state index contributed by atoms with van der Waals surface area (Å²) in [5, 5.41) is 3.21. The number of ether oxygens (including phenoxy) is 1. The summed E-state index contributed by atoms with van der Waals surface area (Å²) in [5.41, 5.74) is 0.506. The maximum atomic E-state index is 13.4. The minimum absolute atomic E-state index is 0.0121. The van der Waals surface area contributed by atoms with Gasteiger partial charge in [0.1, 0.15) is 5.66 Å². The molecule has 8 nitrogen and oxygen atoms in total. The van der Waals surface area contributed by atoms with Crippen molar-refractivity contribution < 1.29 is 19.1 Å². The van der Waals surface area contributed by atoms with Crippen LogP contribution >= 0.6 is 0 Å². The normalized spacial score (nSPS) is 26.9. The second-order valence-electron chi connectivity index (χ2n) is 10.3. The highest BCUT2D eigenvalue weighted by Gasteiger charge is 2.52. The Morgan fingerprint density at radius 1 is 1.06 bits per heavy atom. The summed E-state index contributed by atoms with van der Waals surface area (Å²) in [4.78, 5) is 45.1. The third kappa shape index (κ3) is 4.01. The minimum atomic E-state index is -0.721. The van der Waals surface area contributed by atoms with Gasteiger partial charge in [-0.2, -0.15) is 0 Å². The number of hydrogen-bond acceptors (Lipinski definition) is 5. The van der Waals surface area contributed by atoms with Crippen molar-refractivity contribution in [2.24, 2.45) is 0 Å². The van der Waals surface area contributed by atoms with Crippen LogP contribution in [-0.4, -0.2) is 78.1 Å². The van der Waals surface area contributed by atoms with Crippen molar-refractivity contribution in [2.75, 3.05) is 44.3 Å². The monoisotopic (exact) mass is 468 g/mol. The number of morpholine rings is 1. The van der Waals surface area contributed by atoms with Gasteiger partial charge in [-0.1, -0.05) is 31.4 Å². The molecule has 0 spiro atoms. The van der Waals surface area contributed by atoms with E-state index in [1.807, 2.05) is 25.1 Å². The van der Waals surface area contributed by atoms with E-state index < -0.39 is 5.66 Å². The van der Waals surface area contributed by atoms with E-state index in [0.717, 1.165) is 39.1 Å². The molecule has 184 valence electrons. The molecular weight excluding hydrogens is 432 g/mol. The Labute approximate surface area is 201 Å². The molecule has 34 heavy (non-hydrogen) atoms. The highest BCUT2D eigenvalue weighted by atomic mass is 16.5. The number of amides is 3. The number of rotatable bonds is 6. The molecule has 1 saturated carbocycles. The molecular formula is C26H36N4O4. The van der Waals surface area contributed by atoms with Crippen molar-refractivity contribution in [1.29, 1.82) is 0 Å². The molecule has 1 aliphatic carbocycles. The molecule has 1 N–H and O–H groups in total. The lowest BCUT2D eigenvalue weighted by atomic mass is 9.79. The fraction of sp³-hybridized carbons (Fsp3) is 0.654. The number of carbonyl (C=O) groups excluding carboxylic acids is 3. The number of nitrogens with one attached hydrogen (secondary N) is 1. The second-order valence-corrected chi connectivity index (χ2v) is 10.3. The highest BCUT2D eigenvalue weighted by molar-refractivity contribution is 6.10. The number of nitrogens with zero attached hydrogens (tertiary/aromatic N) is 3. The topological polar surface area (TPSA) is 82.2 Å². The van der Waals surface area contributed by atoms with Crippen LogP contribution in [-0.2, 0) is 14.3 Å². The Hall–Kier alpha value is -2.45. The van der Waals surface area contributed by atoms with E-state index in [1.165, 1.54) is 19.3 Å². The third-order valence-corrected chi connectivity index (χ3v) is 8.39. The lowest BCUT2D eigenvalue weighted by Gasteiger charge is -2.49. The van der Waals surface area contributed by atoms with E-state index in [2.05, 4.69) is 10.2 Å². The average molecular weight is 469 g/mol. The zero-order valence-corrected chi connectivity index (χ0v) is 20.2. The van der Waals surface area contributed by atoms with Crippen molar-refractivity contribution in [3.05, 3.63) is 29.8 Å². The lowest BCUT2D eigenvalue weighted by molar-refractivity contribution is -0.122. The van der Waals surface area contributed by atoms with Crippen LogP contribution in [0.3, 0.4) is 0 Å². The van der Waals surface area contributed by atoms with E-state index in [4.69, 9.17) is 4.74 Å². The van der Waals surface area contributed by atoms with Crippen molar-refractivity contribution in [2.45, 2.75) is 69.5 Å². The number of benzene rings is 1. The molecule has 3 aliphatic heterocycles. The van der Waals surface area contributed by atoms with E-state index in [0.29, 0.717) is 37.2 Å². The van der Waals surface area contributed by atoms with Gasteiger partial charge in [0.25, 0.3) is 5.91 Å². The predicted octanol–water partition coefficient (Wildman–Crippen LogP) is 2.53. The zero-order valence-electron chi connectivity index (χ0n) is 20.2. The van der Waals surface area contributed by atoms with Crippen LogP contribution in [0.2, 0.25) is 0 Å². The molecule has 0 aromatic heterocycles. The van der Waals surface area contributed by atoms with Gasteiger partial charge in [-0.15, -0.1) is 0 Å². The molecule has 3 fully saturated rings. The summed E-state index contributed by atoms with van der Waals surface area (Å²) in [5.74, 6) is -0.111. The van der Waals surface area contributed by atoms with Crippen LogP contribution in [0.25, 0.3) is 0 Å². The number of hydrogen-bond donors (Lipinski definition) is 1. The molecule has 1 aromatic carbocycles. The molecule has 1 atom stereocenters. The summed E-state index contributed by atoms with van der Waals surface area (Å²) >= 11 is 0. The number of carbonyl (C=O) groups is 3. The first-order valence-electron chi connectivity index (χ1n) is 12.8. The molecule has 2 saturated heterocycles.